The van der Waals surface area contributed by atoms with Crippen molar-refractivity contribution in [3.63, 3.8) is 0 Å². The highest BCUT2D eigenvalue weighted by Gasteiger charge is 2.21. The smallest absolute Gasteiger partial charge is 0.193 e. The minimum atomic E-state index is 0.781. The van der Waals surface area contributed by atoms with E-state index in [0.29, 0.717) is 0 Å². The molecule has 0 unspecified atom stereocenters. The van der Waals surface area contributed by atoms with Crippen LogP contribution in [0.15, 0.2) is 34.6 Å². The van der Waals surface area contributed by atoms with Crippen molar-refractivity contribution in [3.8, 4) is 11.5 Å². The number of guanidine groups is 1. The highest BCUT2D eigenvalue weighted by atomic mass is 32.1. The second-order valence-electron chi connectivity index (χ2n) is 5.95. The Kier molecular flexibility index (Phi) is 5.81. The van der Waals surface area contributed by atoms with Crippen LogP contribution in [0.1, 0.15) is 16.0 Å². The lowest BCUT2D eigenvalue weighted by Crippen LogP contribution is -2.44. The van der Waals surface area contributed by atoms with Gasteiger partial charge in [-0.05, 0) is 47.5 Å². The number of thiophene rings is 1. The van der Waals surface area contributed by atoms with Crippen molar-refractivity contribution in [2.24, 2.45) is 4.99 Å². The molecule has 0 radical (unpaired) electrons. The third-order valence-corrected chi connectivity index (χ3v) is 5.40. The quantitative estimate of drug-likeness (QED) is 0.659. The van der Waals surface area contributed by atoms with Gasteiger partial charge in [0.05, 0.1) is 14.2 Å². The van der Waals surface area contributed by atoms with E-state index < -0.39 is 0 Å². The van der Waals surface area contributed by atoms with Crippen molar-refractivity contribution in [2.45, 2.75) is 19.4 Å². The van der Waals surface area contributed by atoms with E-state index in [1.54, 1.807) is 25.6 Å². The van der Waals surface area contributed by atoms with Crippen LogP contribution in [0.3, 0.4) is 0 Å². The minimum Gasteiger partial charge on any atom is -0.493 e. The molecule has 2 heterocycles. The van der Waals surface area contributed by atoms with Gasteiger partial charge in [0, 0.05) is 31.6 Å². The maximum Gasteiger partial charge on any atom is 0.193 e. The molecule has 0 saturated carbocycles. The van der Waals surface area contributed by atoms with Gasteiger partial charge in [-0.1, -0.05) is 6.07 Å². The number of nitrogens with one attached hydrogen (secondary N) is 1. The van der Waals surface area contributed by atoms with Crippen LogP contribution in [-0.2, 0) is 19.4 Å². The topological polar surface area (TPSA) is 46.1 Å². The Balaban J connectivity index is 1.65. The largest absolute Gasteiger partial charge is 0.493 e. The number of hydrogen-bond donors (Lipinski definition) is 1. The number of methoxy groups -OCH3 is 2. The minimum absolute atomic E-state index is 0.781. The lowest BCUT2D eigenvalue weighted by atomic mass is 9.99. The average molecular weight is 359 g/mol. The summed E-state index contributed by atoms with van der Waals surface area (Å²) in [5.74, 6) is 2.54. The number of fused-ring (bicyclic) bond motifs is 1. The number of benzene rings is 1. The lowest BCUT2D eigenvalue weighted by Gasteiger charge is -2.32. The highest BCUT2D eigenvalue weighted by molar-refractivity contribution is 7.09. The van der Waals surface area contributed by atoms with Crippen molar-refractivity contribution in [3.05, 3.63) is 45.6 Å². The molecule has 0 amide bonds. The van der Waals surface area contributed by atoms with E-state index in [0.717, 1.165) is 49.9 Å². The molecule has 1 N–H and O–H groups in total. The van der Waals surface area contributed by atoms with E-state index in [2.05, 4.69) is 44.9 Å². The number of nitrogens with zero attached hydrogens (tertiary/aromatic N) is 2. The predicted molar refractivity (Wildman–Crippen MR) is 103 cm³/mol. The van der Waals surface area contributed by atoms with Crippen molar-refractivity contribution in [2.75, 3.05) is 34.4 Å². The maximum atomic E-state index is 5.44. The van der Waals surface area contributed by atoms with Gasteiger partial charge in [-0.3, -0.25) is 4.99 Å². The zero-order chi connectivity index (χ0) is 17.6. The van der Waals surface area contributed by atoms with E-state index in [4.69, 9.17) is 9.47 Å². The summed E-state index contributed by atoms with van der Waals surface area (Å²) in [6, 6.07) is 8.45. The van der Waals surface area contributed by atoms with Gasteiger partial charge >= 0.3 is 0 Å². The first-order chi connectivity index (χ1) is 12.2. The normalized spacial score (nSPS) is 14.2. The van der Waals surface area contributed by atoms with Gasteiger partial charge in [-0.2, -0.15) is 0 Å². The monoisotopic (exact) mass is 359 g/mol. The summed E-state index contributed by atoms with van der Waals surface area (Å²) in [4.78, 5) is 8.15. The molecular formula is C19H25N3O2S. The van der Waals surface area contributed by atoms with Gasteiger partial charge in [-0.25, -0.2) is 0 Å². The van der Waals surface area contributed by atoms with Gasteiger partial charge in [0.2, 0.25) is 0 Å². The van der Waals surface area contributed by atoms with Gasteiger partial charge in [0.1, 0.15) is 0 Å². The van der Waals surface area contributed by atoms with Crippen molar-refractivity contribution in [1.29, 1.82) is 0 Å². The molecule has 134 valence electrons. The fraction of sp³-hybridized carbons (Fsp3) is 0.421. The third-order valence-electron chi connectivity index (χ3n) is 4.46. The molecule has 0 bridgehead atoms. The Morgan fingerprint density at radius 3 is 2.64 bits per heavy atom. The molecular weight excluding hydrogens is 334 g/mol. The van der Waals surface area contributed by atoms with Crippen LogP contribution in [0, 0.1) is 0 Å². The number of aliphatic imine (C=N–C) groups is 1. The molecule has 3 rings (SSSR count). The Morgan fingerprint density at radius 1 is 1.24 bits per heavy atom. The van der Waals surface area contributed by atoms with E-state index in [-0.39, 0.29) is 0 Å². The number of rotatable bonds is 5. The molecule has 5 nitrogen and oxygen atoms in total. The Bertz CT molecular complexity index is 729. The molecule has 2 aromatic rings. The van der Waals surface area contributed by atoms with E-state index >= 15 is 0 Å². The molecule has 1 aliphatic rings. The van der Waals surface area contributed by atoms with Gasteiger partial charge in [0.25, 0.3) is 0 Å². The van der Waals surface area contributed by atoms with Crippen LogP contribution in [0.4, 0.5) is 0 Å². The molecule has 0 saturated heterocycles. The summed E-state index contributed by atoms with van der Waals surface area (Å²) >= 11 is 1.80. The fourth-order valence-corrected chi connectivity index (χ4v) is 3.86. The molecule has 0 spiro atoms. The molecule has 1 aromatic carbocycles. The standard InChI is InChI=1S/C19H25N3O2S/c1-20-19(21-8-6-16-5-4-10-25-16)22-9-7-14-11-17(23-2)18(24-3)12-15(14)13-22/h4-5,10-12H,6-9,13H2,1-3H3,(H,20,21). The summed E-state index contributed by atoms with van der Waals surface area (Å²) in [6.45, 7) is 2.66. The first kappa shape index (κ1) is 17.6. The average Bonchev–Trinajstić information content (AvgIpc) is 3.17. The zero-order valence-corrected chi connectivity index (χ0v) is 15.9. The van der Waals surface area contributed by atoms with Crippen LogP contribution in [0.5, 0.6) is 11.5 Å². The SMILES string of the molecule is CN=C(NCCc1cccs1)N1CCc2cc(OC)c(OC)cc2C1. The molecule has 6 heteroatoms. The second kappa shape index (κ2) is 8.25. The summed E-state index contributed by atoms with van der Waals surface area (Å²) in [7, 11) is 5.20. The molecule has 1 aliphatic heterocycles. The number of hydrogen-bond acceptors (Lipinski definition) is 4. The van der Waals surface area contributed by atoms with Crippen molar-refractivity contribution < 1.29 is 9.47 Å². The first-order valence-electron chi connectivity index (χ1n) is 8.47. The summed E-state index contributed by atoms with van der Waals surface area (Å²) < 4.78 is 10.9. The molecule has 0 fully saturated rings. The van der Waals surface area contributed by atoms with Gasteiger partial charge < -0.3 is 19.7 Å². The third kappa shape index (κ3) is 4.07. The summed E-state index contributed by atoms with van der Waals surface area (Å²) in [5, 5.41) is 5.60. The highest BCUT2D eigenvalue weighted by Crippen LogP contribution is 2.33. The zero-order valence-electron chi connectivity index (χ0n) is 15.0. The van der Waals surface area contributed by atoms with Crippen LogP contribution in [-0.4, -0.2) is 45.2 Å². The summed E-state index contributed by atoms with van der Waals surface area (Å²) in [6.07, 6.45) is 1.99. The van der Waals surface area contributed by atoms with E-state index in [1.165, 1.54) is 16.0 Å². The van der Waals surface area contributed by atoms with Crippen molar-refractivity contribution in [1.82, 2.24) is 10.2 Å². The maximum absolute atomic E-state index is 5.44. The fourth-order valence-electron chi connectivity index (χ4n) is 3.15. The van der Waals surface area contributed by atoms with Gasteiger partial charge in [0.15, 0.2) is 17.5 Å². The Hall–Kier alpha value is -2.21. The Morgan fingerprint density at radius 2 is 2.00 bits per heavy atom. The van der Waals surface area contributed by atoms with Crippen LogP contribution in [0.2, 0.25) is 0 Å². The van der Waals surface area contributed by atoms with Crippen molar-refractivity contribution >= 4 is 17.3 Å². The molecule has 0 aliphatic carbocycles. The lowest BCUT2D eigenvalue weighted by molar-refractivity contribution is 0.346. The van der Waals surface area contributed by atoms with Crippen LogP contribution < -0.4 is 14.8 Å². The van der Waals surface area contributed by atoms with E-state index in [9.17, 15) is 0 Å². The predicted octanol–water partition coefficient (Wildman–Crippen LogP) is 2.94. The first-order valence-corrected chi connectivity index (χ1v) is 9.35. The van der Waals surface area contributed by atoms with Gasteiger partial charge in [-0.15, -0.1) is 11.3 Å². The Labute approximate surface area is 153 Å². The molecule has 1 aromatic heterocycles. The van der Waals surface area contributed by atoms with E-state index in [1.807, 2.05) is 7.05 Å². The summed E-state index contributed by atoms with van der Waals surface area (Å²) in [5.41, 5.74) is 2.59. The van der Waals surface area contributed by atoms with Crippen LogP contribution in [0.25, 0.3) is 0 Å². The second-order valence-corrected chi connectivity index (χ2v) is 6.98. The van der Waals surface area contributed by atoms with Crippen LogP contribution >= 0.6 is 11.3 Å². The molecule has 0 atom stereocenters. The number of ether oxygens (including phenoxy) is 2. The molecule has 25 heavy (non-hydrogen) atoms.